The van der Waals surface area contributed by atoms with Gasteiger partial charge in [-0.25, -0.2) is 0 Å². The lowest BCUT2D eigenvalue weighted by Gasteiger charge is -2.20. The second kappa shape index (κ2) is 6.05. The normalized spacial score (nSPS) is 18.4. The molecule has 0 N–H and O–H groups in total. The monoisotopic (exact) mass is 283 g/mol. The molecule has 3 rings (SSSR count). The summed E-state index contributed by atoms with van der Waals surface area (Å²) in [6.07, 6.45) is 8.69. The maximum Gasteiger partial charge on any atom is 0.246 e. The molecular weight excluding hydrogens is 258 g/mol. The fourth-order valence-electron chi connectivity index (χ4n) is 2.64. The minimum atomic E-state index is 0.192. The first kappa shape index (κ1) is 14.4. The fraction of sp³-hybridized carbons (Fsp3) is 0.526. The summed E-state index contributed by atoms with van der Waals surface area (Å²) in [7, 11) is 0. The van der Waals surface area contributed by atoms with E-state index in [1.807, 2.05) is 6.08 Å². The van der Waals surface area contributed by atoms with Crippen molar-refractivity contribution in [3.8, 4) is 0 Å². The highest BCUT2D eigenvalue weighted by atomic mass is 16.2. The van der Waals surface area contributed by atoms with Gasteiger partial charge in [0.15, 0.2) is 0 Å². The predicted octanol–water partition coefficient (Wildman–Crippen LogP) is 4.22. The third-order valence-electron chi connectivity index (χ3n) is 4.44. The van der Waals surface area contributed by atoms with E-state index < -0.39 is 0 Å². The molecule has 0 saturated heterocycles. The van der Waals surface area contributed by atoms with E-state index in [0.717, 1.165) is 18.0 Å². The molecule has 1 amide bonds. The van der Waals surface area contributed by atoms with Gasteiger partial charge in [0.25, 0.3) is 0 Å². The van der Waals surface area contributed by atoms with Gasteiger partial charge in [-0.15, -0.1) is 0 Å². The van der Waals surface area contributed by atoms with E-state index in [-0.39, 0.29) is 5.91 Å². The topological polar surface area (TPSA) is 20.3 Å². The van der Waals surface area contributed by atoms with Gasteiger partial charge in [-0.1, -0.05) is 38.1 Å². The molecule has 112 valence electrons. The van der Waals surface area contributed by atoms with Gasteiger partial charge in [-0.3, -0.25) is 4.79 Å². The second-order valence-electron chi connectivity index (χ2n) is 6.82. The highest BCUT2D eigenvalue weighted by molar-refractivity contribution is 5.92. The Balaban J connectivity index is 1.61. The highest BCUT2D eigenvalue weighted by Gasteiger charge is 2.35. The number of amides is 1. The molecule has 2 saturated carbocycles. The van der Waals surface area contributed by atoms with Crippen molar-refractivity contribution < 1.29 is 4.79 Å². The third-order valence-corrected chi connectivity index (χ3v) is 4.44. The number of hydrogen-bond donors (Lipinski definition) is 0. The van der Waals surface area contributed by atoms with Gasteiger partial charge >= 0.3 is 0 Å². The van der Waals surface area contributed by atoms with Crippen molar-refractivity contribution in [2.75, 3.05) is 6.54 Å². The van der Waals surface area contributed by atoms with Crippen LogP contribution in [-0.4, -0.2) is 23.4 Å². The number of carbonyl (C=O) groups is 1. The largest absolute Gasteiger partial charge is 0.336 e. The molecule has 0 atom stereocenters. The zero-order valence-electron chi connectivity index (χ0n) is 13.1. The van der Waals surface area contributed by atoms with Crippen molar-refractivity contribution in [2.45, 2.75) is 51.5 Å². The molecule has 0 bridgehead atoms. The van der Waals surface area contributed by atoms with Crippen LogP contribution in [0.4, 0.5) is 0 Å². The Hall–Kier alpha value is -1.57. The van der Waals surface area contributed by atoms with Gasteiger partial charge in [-0.05, 0) is 54.7 Å². The van der Waals surface area contributed by atoms with Crippen LogP contribution in [0.5, 0.6) is 0 Å². The highest BCUT2D eigenvalue weighted by Crippen LogP contribution is 2.35. The number of nitrogens with zero attached hydrogens (tertiary/aromatic N) is 1. The molecule has 0 radical (unpaired) electrons. The molecule has 1 aromatic carbocycles. The van der Waals surface area contributed by atoms with Crippen LogP contribution in [0.15, 0.2) is 30.3 Å². The van der Waals surface area contributed by atoms with E-state index in [1.54, 1.807) is 6.08 Å². The molecule has 21 heavy (non-hydrogen) atoms. The summed E-state index contributed by atoms with van der Waals surface area (Å²) >= 11 is 0. The van der Waals surface area contributed by atoms with Crippen LogP contribution in [0.2, 0.25) is 0 Å². The van der Waals surface area contributed by atoms with E-state index in [1.165, 1.54) is 31.2 Å². The Labute approximate surface area is 127 Å². The standard InChI is InChI=1S/C19H25NO/c1-14(2)17-8-5-15(6-9-17)7-12-19(21)20(18-10-11-18)13-16-3-4-16/h5-9,12,14,16,18H,3-4,10-11,13H2,1-2H3/b12-7+. The lowest BCUT2D eigenvalue weighted by molar-refractivity contribution is -0.126. The average Bonchev–Trinajstić information content (AvgIpc) is 3.36. The summed E-state index contributed by atoms with van der Waals surface area (Å²) in [5, 5.41) is 0. The van der Waals surface area contributed by atoms with Crippen LogP contribution in [0, 0.1) is 5.92 Å². The molecule has 1 aromatic rings. The minimum Gasteiger partial charge on any atom is -0.336 e. The molecule has 2 fully saturated rings. The van der Waals surface area contributed by atoms with Gasteiger partial charge in [0.05, 0.1) is 0 Å². The maximum absolute atomic E-state index is 12.4. The molecule has 0 heterocycles. The predicted molar refractivity (Wildman–Crippen MR) is 87.0 cm³/mol. The van der Waals surface area contributed by atoms with Crippen molar-refractivity contribution in [3.63, 3.8) is 0 Å². The van der Waals surface area contributed by atoms with E-state index in [2.05, 4.69) is 43.0 Å². The van der Waals surface area contributed by atoms with Crippen molar-refractivity contribution in [3.05, 3.63) is 41.5 Å². The number of hydrogen-bond acceptors (Lipinski definition) is 1. The van der Waals surface area contributed by atoms with Gasteiger partial charge < -0.3 is 4.90 Å². The molecule has 0 aromatic heterocycles. The smallest absolute Gasteiger partial charge is 0.246 e. The first-order valence-corrected chi connectivity index (χ1v) is 8.22. The Kier molecular flexibility index (Phi) is 4.14. The van der Waals surface area contributed by atoms with E-state index in [4.69, 9.17) is 0 Å². The minimum absolute atomic E-state index is 0.192. The van der Waals surface area contributed by atoms with Crippen LogP contribution < -0.4 is 0 Å². The first-order chi connectivity index (χ1) is 10.1. The molecule has 0 unspecified atom stereocenters. The fourth-order valence-corrected chi connectivity index (χ4v) is 2.64. The molecule has 2 heteroatoms. The van der Waals surface area contributed by atoms with Crippen molar-refractivity contribution >= 4 is 12.0 Å². The zero-order valence-corrected chi connectivity index (χ0v) is 13.1. The van der Waals surface area contributed by atoms with Gasteiger partial charge in [0.1, 0.15) is 0 Å². The lowest BCUT2D eigenvalue weighted by atomic mass is 10.0. The van der Waals surface area contributed by atoms with E-state index >= 15 is 0 Å². The van der Waals surface area contributed by atoms with Crippen LogP contribution in [0.3, 0.4) is 0 Å². The summed E-state index contributed by atoms with van der Waals surface area (Å²) in [5.41, 5.74) is 2.45. The first-order valence-electron chi connectivity index (χ1n) is 8.22. The lowest BCUT2D eigenvalue weighted by Crippen LogP contribution is -2.33. The molecule has 2 aliphatic carbocycles. The Morgan fingerprint density at radius 1 is 1.19 bits per heavy atom. The SMILES string of the molecule is CC(C)c1ccc(/C=C/C(=O)N(CC2CC2)C2CC2)cc1. The molecule has 0 aliphatic heterocycles. The summed E-state index contributed by atoms with van der Waals surface area (Å²) in [6.45, 7) is 5.36. The van der Waals surface area contributed by atoms with Crippen LogP contribution >= 0.6 is 0 Å². The molecule has 2 nitrogen and oxygen atoms in total. The zero-order chi connectivity index (χ0) is 14.8. The van der Waals surface area contributed by atoms with Crippen LogP contribution in [-0.2, 0) is 4.79 Å². The van der Waals surface area contributed by atoms with Gasteiger partial charge in [-0.2, -0.15) is 0 Å². The molecular formula is C19H25NO. The summed E-state index contributed by atoms with van der Waals surface area (Å²) in [6, 6.07) is 9.02. The summed E-state index contributed by atoms with van der Waals surface area (Å²) in [5.74, 6) is 1.51. The molecule has 2 aliphatic rings. The van der Waals surface area contributed by atoms with E-state index in [9.17, 15) is 4.79 Å². The van der Waals surface area contributed by atoms with Crippen molar-refractivity contribution in [2.24, 2.45) is 5.92 Å². The number of rotatable bonds is 6. The van der Waals surface area contributed by atoms with Crippen molar-refractivity contribution in [1.82, 2.24) is 4.90 Å². The maximum atomic E-state index is 12.4. The number of carbonyl (C=O) groups excluding carboxylic acids is 1. The van der Waals surface area contributed by atoms with Crippen LogP contribution in [0.25, 0.3) is 6.08 Å². The quantitative estimate of drug-likeness (QED) is 0.716. The number of benzene rings is 1. The molecule has 0 spiro atoms. The third kappa shape index (κ3) is 3.96. The van der Waals surface area contributed by atoms with E-state index in [0.29, 0.717) is 12.0 Å². The Morgan fingerprint density at radius 3 is 2.38 bits per heavy atom. The average molecular weight is 283 g/mol. The summed E-state index contributed by atoms with van der Waals surface area (Å²) < 4.78 is 0. The van der Waals surface area contributed by atoms with Gasteiger partial charge in [0, 0.05) is 18.7 Å². The van der Waals surface area contributed by atoms with Crippen LogP contribution in [0.1, 0.15) is 56.6 Å². The second-order valence-corrected chi connectivity index (χ2v) is 6.82. The Bertz CT molecular complexity index is 521. The Morgan fingerprint density at radius 2 is 1.86 bits per heavy atom. The van der Waals surface area contributed by atoms with Gasteiger partial charge in [0.2, 0.25) is 5.91 Å². The summed E-state index contributed by atoms with van der Waals surface area (Å²) in [4.78, 5) is 14.5. The van der Waals surface area contributed by atoms with Crippen molar-refractivity contribution in [1.29, 1.82) is 0 Å².